The van der Waals surface area contributed by atoms with Gasteiger partial charge in [0.1, 0.15) is 0 Å². The third kappa shape index (κ3) is 3.47. The molecule has 1 fully saturated rings. The first kappa shape index (κ1) is 14.8. The number of carbonyl (C=O) groups excluding carboxylic acids is 1. The fourth-order valence-electron chi connectivity index (χ4n) is 2.11. The van der Waals surface area contributed by atoms with E-state index in [2.05, 4.69) is 10.1 Å². The van der Waals surface area contributed by atoms with Gasteiger partial charge in [0.15, 0.2) is 5.82 Å². The van der Waals surface area contributed by atoms with E-state index >= 15 is 0 Å². The number of likely N-dealkylation sites (N-methyl/N-ethyl adjacent to an activating group) is 1. The maximum Gasteiger partial charge on any atom is 0.324 e. The molecule has 2 heterocycles. The molecule has 0 aromatic carbocycles. The normalized spacial score (nSPS) is 16.3. The van der Waals surface area contributed by atoms with Gasteiger partial charge in [0.05, 0.1) is 6.54 Å². The van der Waals surface area contributed by atoms with Gasteiger partial charge in [0.2, 0.25) is 5.91 Å². The Morgan fingerprint density at radius 3 is 2.45 bits per heavy atom. The van der Waals surface area contributed by atoms with Crippen molar-refractivity contribution in [2.45, 2.75) is 19.8 Å². The maximum atomic E-state index is 12.0. The van der Waals surface area contributed by atoms with Crippen LogP contribution in [-0.2, 0) is 4.79 Å². The Balaban J connectivity index is 1.88. The van der Waals surface area contributed by atoms with E-state index in [0.29, 0.717) is 25.6 Å². The highest BCUT2D eigenvalue weighted by Gasteiger charge is 2.24. The van der Waals surface area contributed by atoms with Crippen molar-refractivity contribution in [3.8, 4) is 0 Å². The SMILES string of the molecule is CC(C)c1noc(N2CCN(C(=O)CN(C)C)CC2)n1. The highest BCUT2D eigenvalue weighted by Crippen LogP contribution is 2.17. The Bertz CT molecular complexity index is 449. The number of piperazine rings is 1. The monoisotopic (exact) mass is 281 g/mol. The minimum atomic E-state index is 0.169. The molecule has 1 saturated heterocycles. The maximum absolute atomic E-state index is 12.0. The minimum Gasteiger partial charge on any atom is -0.338 e. The lowest BCUT2D eigenvalue weighted by Gasteiger charge is -2.34. The summed E-state index contributed by atoms with van der Waals surface area (Å²) in [4.78, 5) is 22.2. The van der Waals surface area contributed by atoms with Crippen molar-refractivity contribution in [2.24, 2.45) is 0 Å². The average molecular weight is 281 g/mol. The van der Waals surface area contributed by atoms with Gasteiger partial charge >= 0.3 is 6.01 Å². The molecule has 1 aliphatic heterocycles. The molecule has 112 valence electrons. The van der Waals surface area contributed by atoms with E-state index in [0.717, 1.165) is 18.9 Å². The second-order valence-electron chi connectivity index (χ2n) is 5.70. The van der Waals surface area contributed by atoms with Crippen molar-refractivity contribution in [3.63, 3.8) is 0 Å². The summed E-state index contributed by atoms with van der Waals surface area (Å²) in [5.74, 6) is 1.16. The van der Waals surface area contributed by atoms with Gasteiger partial charge in [0.25, 0.3) is 0 Å². The summed E-state index contributed by atoms with van der Waals surface area (Å²) in [6.45, 7) is 7.40. The van der Waals surface area contributed by atoms with Crippen LogP contribution >= 0.6 is 0 Å². The van der Waals surface area contributed by atoms with Crippen LogP contribution in [0, 0.1) is 0 Å². The first-order valence-electron chi connectivity index (χ1n) is 6.98. The van der Waals surface area contributed by atoms with Crippen LogP contribution in [0.25, 0.3) is 0 Å². The molecule has 0 saturated carbocycles. The number of anilines is 1. The van der Waals surface area contributed by atoms with Crippen LogP contribution in [0.4, 0.5) is 6.01 Å². The van der Waals surface area contributed by atoms with Crippen molar-refractivity contribution in [2.75, 3.05) is 51.7 Å². The van der Waals surface area contributed by atoms with Crippen LogP contribution < -0.4 is 4.90 Å². The molecule has 0 unspecified atom stereocenters. The number of rotatable bonds is 4. The van der Waals surface area contributed by atoms with E-state index in [1.807, 2.05) is 42.6 Å². The summed E-state index contributed by atoms with van der Waals surface area (Å²) < 4.78 is 5.28. The molecule has 2 rings (SSSR count). The first-order chi connectivity index (χ1) is 9.47. The fraction of sp³-hybridized carbons (Fsp3) is 0.769. The summed E-state index contributed by atoms with van der Waals surface area (Å²) in [6, 6.07) is 0.563. The number of nitrogens with zero attached hydrogens (tertiary/aromatic N) is 5. The van der Waals surface area contributed by atoms with Crippen molar-refractivity contribution >= 4 is 11.9 Å². The zero-order chi connectivity index (χ0) is 14.7. The van der Waals surface area contributed by atoms with Crippen molar-refractivity contribution in [3.05, 3.63) is 5.82 Å². The van der Waals surface area contributed by atoms with Crippen molar-refractivity contribution in [1.82, 2.24) is 19.9 Å². The van der Waals surface area contributed by atoms with E-state index in [1.54, 1.807) is 0 Å². The second-order valence-corrected chi connectivity index (χ2v) is 5.70. The first-order valence-corrected chi connectivity index (χ1v) is 6.98. The lowest BCUT2D eigenvalue weighted by molar-refractivity contribution is -0.132. The van der Waals surface area contributed by atoms with Crippen LogP contribution in [0.1, 0.15) is 25.6 Å². The molecule has 0 atom stereocenters. The average Bonchev–Trinajstić information content (AvgIpc) is 2.88. The van der Waals surface area contributed by atoms with E-state index in [9.17, 15) is 4.79 Å². The van der Waals surface area contributed by atoms with Crippen LogP contribution in [0.15, 0.2) is 4.52 Å². The van der Waals surface area contributed by atoms with Crippen LogP contribution in [0.3, 0.4) is 0 Å². The number of hydrogen-bond acceptors (Lipinski definition) is 6. The highest BCUT2D eigenvalue weighted by atomic mass is 16.5. The van der Waals surface area contributed by atoms with Crippen molar-refractivity contribution < 1.29 is 9.32 Å². The van der Waals surface area contributed by atoms with E-state index < -0.39 is 0 Å². The molecule has 1 aromatic rings. The summed E-state index contributed by atoms with van der Waals surface area (Å²) in [7, 11) is 3.81. The largest absolute Gasteiger partial charge is 0.338 e. The smallest absolute Gasteiger partial charge is 0.324 e. The molecular weight excluding hydrogens is 258 g/mol. The quantitative estimate of drug-likeness (QED) is 0.796. The Kier molecular flexibility index (Phi) is 4.59. The third-order valence-corrected chi connectivity index (χ3v) is 3.30. The van der Waals surface area contributed by atoms with E-state index in [1.165, 1.54) is 0 Å². The van der Waals surface area contributed by atoms with Crippen LogP contribution in [0.2, 0.25) is 0 Å². The molecule has 1 aliphatic rings. The molecule has 0 N–H and O–H groups in total. The molecule has 0 aliphatic carbocycles. The summed E-state index contributed by atoms with van der Waals surface area (Å²) in [6.07, 6.45) is 0. The second kappa shape index (κ2) is 6.21. The predicted octanol–water partition coefficient (Wildman–Crippen LogP) is 0.403. The lowest BCUT2D eigenvalue weighted by atomic mass is 10.2. The molecule has 1 amide bonds. The zero-order valence-corrected chi connectivity index (χ0v) is 12.7. The fourth-order valence-corrected chi connectivity index (χ4v) is 2.11. The lowest BCUT2D eigenvalue weighted by Crippen LogP contribution is -2.50. The number of carbonyl (C=O) groups is 1. The number of hydrogen-bond donors (Lipinski definition) is 0. The van der Waals surface area contributed by atoms with Gasteiger partial charge in [0, 0.05) is 32.1 Å². The molecular formula is C13H23N5O2. The number of aromatic nitrogens is 2. The topological polar surface area (TPSA) is 65.7 Å². The van der Waals surface area contributed by atoms with Crippen LogP contribution in [-0.4, -0.2) is 72.7 Å². The Morgan fingerprint density at radius 1 is 1.30 bits per heavy atom. The van der Waals surface area contributed by atoms with Gasteiger partial charge in [-0.05, 0) is 14.1 Å². The molecule has 0 radical (unpaired) electrons. The minimum absolute atomic E-state index is 0.169. The Morgan fingerprint density at radius 2 is 1.95 bits per heavy atom. The molecule has 20 heavy (non-hydrogen) atoms. The third-order valence-electron chi connectivity index (χ3n) is 3.30. The summed E-state index contributed by atoms with van der Waals surface area (Å²) in [5, 5.41) is 3.97. The van der Waals surface area contributed by atoms with Gasteiger partial charge in [-0.15, -0.1) is 0 Å². The van der Waals surface area contributed by atoms with Gasteiger partial charge in [-0.1, -0.05) is 19.0 Å². The van der Waals surface area contributed by atoms with Gasteiger partial charge in [-0.25, -0.2) is 0 Å². The molecule has 0 spiro atoms. The van der Waals surface area contributed by atoms with E-state index in [-0.39, 0.29) is 11.8 Å². The highest BCUT2D eigenvalue weighted by molar-refractivity contribution is 5.78. The van der Waals surface area contributed by atoms with Crippen molar-refractivity contribution in [1.29, 1.82) is 0 Å². The Hall–Kier alpha value is -1.63. The van der Waals surface area contributed by atoms with E-state index in [4.69, 9.17) is 4.52 Å². The van der Waals surface area contributed by atoms with Gasteiger partial charge in [-0.3, -0.25) is 4.79 Å². The molecule has 1 aromatic heterocycles. The number of amides is 1. The summed E-state index contributed by atoms with van der Waals surface area (Å²) in [5.41, 5.74) is 0. The molecule has 0 bridgehead atoms. The molecule has 7 heteroatoms. The van der Waals surface area contributed by atoms with Gasteiger partial charge in [-0.2, -0.15) is 4.98 Å². The molecule has 7 nitrogen and oxygen atoms in total. The Labute approximate surface area is 119 Å². The predicted molar refractivity (Wildman–Crippen MR) is 75.7 cm³/mol. The van der Waals surface area contributed by atoms with Gasteiger partial charge < -0.3 is 19.2 Å². The summed E-state index contributed by atoms with van der Waals surface area (Å²) >= 11 is 0. The zero-order valence-electron chi connectivity index (χ0n) is 12.7. The van der Waals surface area contributed by atoms with Crippen LogP contribution in [0.5, 0.6) is 0 Å². The standard InChI is InChI=1S/C13H23N5O2/c1-10(2)12-14-13(20-15-12)18-7-5-17(6-8-18)11(19)9-16(3)4/h10H,5-9H2,1-4H3.